The number of carboxylic acid groups (broad SMARTS) is 1. The second-order valence-corrected chi connectivity index (χ2v) is 7.65. The highest BCUT2D eigenvalue weighted by Crippen LogP contribution is 1.99. The molecule has 1 atom stereocenters. The number of hydrogen-bond acceptors (Lipinski definition) is 5. The fourth-order valence-corrected chi connectivity index (χ4v) is 2.53. The molecule has 0 aliphatic carbocycles. The maximum atomic E-state index is 11.5. The lowest BCUT2D eigenvalue weighted by atomic mass is 10.2. The molecule has 0 aromatic heterocycles. The largest absolute Gasteiger partial charge is 0.480 e. The Morgan fingerprint density at radius 1 is 1.30 bits per heavy atom. The Hall–Kier alpha value is -0.960. The van der Waals surface area contributed by atoms with Gasteiger partial charge in [0.15, 0.2) is 0 Å². The molecule has 0 aliphatic heterocycles. The van der Waals surface area contributed by atoms with Crippen molar-refractivity contribution < 1.29 is 23.1 Å². The standard InChI is InChI=1S/C11H22N2O5S2/c1-19-7-4-3-6-12-11(16)13-9(10(14)15)5-8-20(2,17)18/h9H,3-8H2,1-2H3,(H,14,15)(H2,12,13,16). The van der Waals surface area contributed by atoms with Crippen molar-refractivity contribution in [1.82, 2.24) is 10.6 Å². The van der Waals surface area contributed by atoms with Gasteiger partial charge in [-0.3, -0.25) is 0 Å². The summed E-state index contributed by atoms with van der Waals surface area (Å²) < 4.78 is 22.0. The molecule has 0 aromatic carbocycles. The van der Waals surface area contributed by atoms with Crippen LogP contribution in [0.15, 0.2) is 0 Å². The Balaban J connectivity index is 4.05. The highest BCUT2D eigenvalue weighted by atomic mass is 32.2. The minimum Gasteiger partial charge on any atom is -0.480 e. The summed E-state index contributed by atoms with van der Waals surface area (Å²) in [4.78, 5) is 22.4. The van der Waals surface area contributed by atoms with Gasteiger partial charge in [0.1, 0.15) is 15.9 Å². The zero-order valence-corrected chi connectivity index (χ0v) is 13.3. The number of sulfone groups is 1. The number of urea groups is 1. The van der Waals surface area contributed by atoms with Gasteiger partial charge in [-0.25, -0.2) is 18.0 Å². The van der Waals surface area contributed by atoms with E-state index in [-0.39, 0.29) is 12.2 Å². The number of thioether (sulfide) groups is 1. The summed E-state index contributed by atoms with van der Waals surface area (Å²) in [7, 11) is -3.25. The van der Waals surface area contributed by atoms with Crippen molar-refractivity contribution in [2.75, 3.05) is 30.6 Å². The number of carbonyl (C=O) groups excluding carboxylic acids is 1. The Labute approximate surface area is 123 Å². The van der Waals surface area contributed by atoms with E-state index in [0.29, 0.717) is 6.54 Å². The second kappa shape index (κ2) is 9.87. The van der Waals surface area contributed by atoms with Crippen LogP contribution in [-0.4, -0.2) is 62.1 Å². The zero-order valence-electron chi connectivity index (χ0n) is 11.7. The number of aliphatic carboxylic acids is 1. The van der Waals surface area contributed by atoms with Crippen molar-refractivity contribution in [3.63, 3.8) is 0 Å². The molecule has 0 saturated heterocycles. The molecule has 0 aliphatic rings. The summed E-state index contributed by atoms with van der Waals surface area (Å²) in [6.07, 6.45) is 4.67. The lowest BCUT2D eigenvalue weighted by Gasteiger charge is -2.14. The number of amides is 2. The molecule has 0 aromatic rings. The molecule has 0 rings (SSSR count). The van der Waals surface area contributed by atoms with Crippen molar-refractivity contribution in [2.45, 2.75) is 25.3 Å². The summed E-state index contributed by atoms with van der Waals surface area (Å²) in [6.45, 7) is 0.463. The van der Waals surface area contributed by atoms with Gasteiger partial charge in [0.05, 0.1) is 5.75 Å². The molecule has 0 spiro atoms. The van der Waals surface area contributed by atoms with Crippen LogP contribution in [0.1, 0.15) is 19.3 Å². The molecule has 3 N–H and O–H groups in total. The van der Waals surface area contributed by atoms with Gasteiger partial charge in [0, 0.05) is 12.8 Å². The van der Waals surface area contributed by atoms with Crippen LogP contribution in [0.3, 0.4) is 0 Å². The molecule has 0 heterocycles. The van der Waals surface area contributed by atoms with Crippen LogP contribution in [0.2, 0.25) is 0 Å². The van der Waals surface area contributed by atoms with Crippen molar-refractivity contribution in [3.05, 3.63) is 0 Å². The molecule has 0 fully saturated rings. The number of unbranched alkanes of at least 4 members (excludes halogenated alkanes) is 1. The Bertz CT molecular complexity index is 411. The van der Waals surface area contributed by atoms with Gasteiger partial charge in [-0.1, -0.05) is 0 Å². The van der Waals surface area contributed by atoms with Crippen LogP contribution in [-0.2, 0) is 14.6 Å². The first-order valence-electron chi connectivity index (χ1n) is 6.20. The SMILES string of the molecule is CSCCCCNC(=O)NC(CCS(C)(=O)=O)C(=O)O. The van der Waals surface area contributed by atoms with E-state index in [2.05, 4.69) is 10.6 Å². The minimum absolute atomic E-state index is 0.145. The van der Waals surface area contributed by atoms with E-state index >= 15 is 0 Å². The fourth-order valence-electron chi connectivity index (χ4n) is 1.37. The van der Waals surface area contributed by atoms with Crippen LogP contribution >= 0.6 is 11.8 Å². The maximum Gasteiger partial charge on any atom is 0.326 e. The third-order valence-electron chi connectivity index (χ3n) is 2.44. The Morgan fingerprint density at radius 2 is 1.95 bits per heavy atom. The number of nitrogens with one attached hydrogen (secondary N) is 2. The number of carbonyl (C=O) groups is 2. The fraction of sp³-hybridized carbons (Fsp3) is 0.818. The number of rotatable bonds is 10. The number of hydrogen-bond donors (Lipinski definition) is 3. The van der Waals surface area contributed by atoms with Crippen molar-refractivity contribution in [2.24, 2.45) is 0 Å². The molecular formula is C11H22N2O5S2. The zero-order chi connectivity index (χ0) is 15.6. The first-order chi connectivity index (χ1) is 9.26. The van der Waals surface area contributed by atoms with Gasteiger partial charge in [0.25, 0.3) is 0 Å². The van der Waals surface area contributed by atoms with Gasteiger partial charge in [-0.15, -0.1) is 0 Å². The Morgan fingerprint density at radius 3 is 2.45 bits per heavy atom. The van der Waals surface area contributed by atoms with Gasteiger partial charge < -0.3 is 15.7 Å². The molecule has 2 amide bonds. The summed E-state index contributed by atoms with van der Waals surface area (Å²) in [5.74, 6) is -0.515. The summed E-state index contributed by atoms with van der Waals surface area (Å²) in [6, 6.07) is -1.79. The van der Waals surface area contributed by atoms with Crippen LogP contribution in [0.25, 0.3) is 0 Å². The third-order valence-corrected chi connectivity index (χ3v) is 4.12. The molecule has 9 heteroatoms. The molecule has 0 radical (unpaired) electrons. The van der Waals surface area contributed by atoms with Gasteiger partial charge in [0.2, 0.25) is 0 Å². The topological polar surface area (TPSA) is 113 Å². The van der Waals surface area contributed by atoms with Crippen molar-refractivity contribution in [1.29, 1.82) is 0 Å². The monoisotopic (exact) mass is 326 g/mol. The van der Waals surface area contributed by atoms with Crippen LogP contribution in [0.5, 0.6) is 0 Å². The smallest absolute Gasteiger partial charge is 0.326 e. The first kappa shape index (κ1) is 19.0. The van der Waals surface area contributed by atoms with Crippen LogP contribution < -0.4 is 10.6 Å². The molecule has 0 bridgehead atoms. The lowest BCUT2D eigenvalue weighted by molar-refractivity contribution is -0.139. The highest BCUT2D eigenvalue weighted by molar-refractivity contribution is 7.98. The predicted octanol–water partition coefficient (Wildman–Crippen LogP) is 0.317. The van der Waals surface area contributed by atoms with Crippen molar-refractivity contribution in [3.8, 4) is 0 Å². The molecule has 118 valence electrons. The molecule has 0 saturated carbocycles. The van der Waals surface area contributed by atoms with E-state index in [1.807, 2.05) is 6.26 Å². The first-order valence-corrected chi connectivity index (χ1v) is 9.65. The quantitative estimate of drug-likeness (QED) is 0.498. The van der Waals surface area contributed by atoms with Gasteiger partial charge >= 0.3 is 12.0 Å². The summed E-state index contributed by atoms with van der Waals surface area (Å²) in [5, 5.41) is 13.7. The van der Waals surface area contributed by atoms with E-state index in [1.54, 1.807) is 11.8 Å². The molecule has 7 nitrogen and oxygen atoms in total. The molecule has 20 heavy (non-hydrogen) atoms. The second-order valence-electron chi connectivity index (χ2n) is 4.41. The van der Waals surface area contributed by atoms with E-state index < -0.39 is 27.9 Å². The van der Waals surface area contributed by atoms with Crippen molar-refractivity contribution >= 4 is 33.6 Å². The van der Waals surface area contributed by atoms with Crippen LogP contribution in [0.4, 0.5) is 4.79 Å². The normalized spacial score (nSPS) is 12.7. The average Bonchev–Trinajstić information content (AvgIpc) is 2.32. The third kappa shape index (κ3) is 10.9. The van der Waals surface area contributed by atoms with Gasteiger partial charge in [-0.2, -0.15) is 11.8 Å². The average molecular weight is 326 g/mol. The summed E-state index contributed by atoms with van der Waals surface area (Å²) in [5.41, 5.74) is 0. The Kier molecular flexibility index (Phi) is 9.39. The molecule has 1 unspecified atom stereocenters. The predicted molar refractivity (Wildman–Crippen MR) is 79.9 cm³/mol. The highest BCUT2D eigenvalue weighted by Gasteiger charge is 2.21. The lowest BCUT2D eigenvalue weighted by Crippen LogP contribution is -2.46. The molecular weight excluding hydrogens is 304 g/mol. The van der Waals surface area contributed by atoms with Crippen LogP contribution in [0, 0.1) is 0 Å². The van der Waals surface area contributed by atoms with E-state index in [1.165, 1.54) is 0 Å². The summed E-state index contributed by atoms with van der Waals surface area (Å²) >= 11 is 1.72. The van der Waals surface area contributed by atoms with E-state index in [4.69, 9.17) is 5.11 Å². The van der Waals surface area contributed by atoms with E-state index in [0.717, 1.165) is 24.9 Å². The minimum atomic E-state index is -3.25. The van der Waals surface area contributed by atoms with Gasteiger partial charge in [-0.05, 0) is 31.3 Å². The van der Waals surface area contributed by atoms with E-state index in [9.17, 15) is 18.0 Å². The maximum absolute atomic E-state index is 11.5. The number of carboxylic acids is 1.